The molecule has 0 radical (unpaired) electrons. The SMILES string of the molecule is CNc1cncc([C@H]2CCCN2C(=O)CCc2nnc(C(C)C)o2)n1. The number of anilines is 1. The number of carbonyl (C=O) groups excluding carboxylic acids is 1. The van der Waals surface area contributed by atoms with Crippen LogP contribution in [0.5, 0.6) is 0 Å². The van der Waals surface area contributed by atoms with E-state index in [1.54, 1.807) is 19.4 Å². The first-order chi connectivity index (χ1) is 12.1. The molecule has 1 saturated heterocycles. The number of amides is 1. The Hall–Kier alpha value is -2.51. The molecule has 0 aliphatic carbocycles. The fourth-order valence-electron chi connectivity index (χ4n) is 2.99. The third-order valence-electron chi connectivity index (χ3n) is 4.35. The van der Waals surface area contributed by atoms with Gasteiger partial charge in [-0.1, -0.05) is 13.8 Å². The van der Waals surface area contributed by atoms with Crippen LogP contribution in [0.1, 0.15) is 62.5 Å². The van der Waals surface area contributed by atoms with Gasteiger partial charge in [0.15, 0.2) is 0 Å². The first kappa shape index (κ1) is 17.3. The molecule has 1 aliphatic rings. The highest BCUT2D eigenvalue weighted by Gasteiger charge is 2.31. The van der Waals surface area contributed by atoms with Crippen molar-refractivity contribution in [3.05, 3.63) is 29.9 Å². The molecule has 0 unspecified atom stereocenters. The monoisotopic (exact) mass is 344 g/mol. The third kappa shape index (κ3) is 3.94. The van der Waals surface area contributed by atoms with Crippen LogP contribution in [0.15, 0.2) is 16.8 Å². The molecular formula is C17H24N6O2. The fourth-order valence-corrected chi connectivity index (χ4v) is 2.99. The number of rotatable bonds is 6. The molecule has 25 heavy (non-hydrogen) atoms. The van der Waals surface area contributed by atoms with Crippen LogP contribution in [0.3, 0.4) is 0 Å². The van der Waals surface area contributed by atoms with E-state index in [1.165, 1.54) is 0 Å². The normalized spacial score (nSPS) is 17.3. The zero-order valence-corrected chi connectivity index (χ0v) is 14.9. The molecule has 1 atom stereocenters. The lowest BCUT2D eigenvalue weighted by Crippen LogP contribution is -2.31. The van der Waals surface area contributed by atoms with Crippen molar-refractivity contribution in [3.63, 3.8) is 0 Å². The van der Waals surface area contributed by atoms with E-state index in [0.717, 1.165) is 25.1 Å². The second kappa shape index (κ2) is 7.58. The van der Waals surface area contributed by atoms with Crippen LogP contribution in [0.25, 0.3) is 0 Å². The van der Waals surface area contributed by atoms with Gasteiger partial charge in [0.05, 0.1) is 24.1 Å². The van der Waals surface area contributed by atoms with Gasteiger partial charge in [-0.25, -0.2) is 4.98 Å². The second-order valence-electron chi connectivity index (χ2n) is 6.51. The summed E-state index contributed by atoms with van der Waals surface area (Å²) < 4.78 is 5.58. The number of aryl methyl sites for hydroxylation is 1. The molecule has 1 fully saturated rings. The fraction of sp³-hybridized carbons (Fsp3) is 0.588. The van der Waals surface area contributed by atoms with Gasteiger partial charge in [-0.05, 0) is 12.8 Å². The maximum atomic E-state index is 12.7. The first-order valence-corrected chi connectivity index (χ1v) is 8.70. The lowest BCUT2D eigenvalue weighted by molar-refractivity contribution is -0.132. The molecule has 8 nitrogen and oxygen atoms in total. The molecular weight excluding hydrogens is 320 g/mol. The molecule has 1 amide bonds. The van der Waals surface area contributed by atoms with E-state index < -0.39 is 0 Å². The molecule has 134 valence electrons. The van der Waals surface area contributed by atoms with Crippen molar-refractivity contribution < 1.29 is 9.21 Å². The largest absolute Gasteiger partial charge is 0.425 e. The summed E-state index contributed by atoms with van der Waals surface area (Å²) in [5, 5.41) is 11.0. The molecule has 2 aromatic heterocycles. The summed E-state index contributed by atoms with van der Waals surface area (Å²) in [4.78, 5) is 23.3. The van der Waals surface area contributed by atoms with Crippen molar-refractivity contribution in [1.82, 2.24) is 25.1 Å². The standard InChI is InChI=1S/C17H24N6O2/c1-11(2)17-22-21-15(25-17)6-7-16(24)23-8-4-5-13(23)12-9-19-10-14(18-3)20-12/h9-11,13H,4-8H2,1-3H3,(H,18,20)/t13-/m1/s1. The van der Waals surface area contributed by atoms with E-state index in [1.807, 2.05) is 18.7 Å². The zero-order chi connectivity index (χ0) is 17.8. The van der Waals surface area contributed by atoms with Gasteiger partial charge in [0, 0.05) is 32.4 Å². The van der Waals surface area contributed by atoms with Gasteiger partial charge in [-0.3, -0.25) is 9.78 Å². The zero-order valence-electron chi connectivity index (χ0n) is 14.9. The molecule has 1 aliphatic heterocycles. The average molecular weight is 344 g/mol. The molecule has 8 heteroatoms. The number of nitrogens with one attached hydrogen (secondary N) is 1. The number of carbonyl (C=O) groups is 1. The molecule has 3 rings (SSSR count). The lowest BCUT2D eigenvalue weighted by atomic mass is 10.1. The van der Waals surface area contributed by atoms with E-state index in [9.17, 15) is 4.79 Å². The van der Waals surface area contributed by atoms with Crippen LogP contribution < -0.4 is 5.32 Å². The summed E-state index contributed by atoms with van der Waals surface area (Å²) >= 11 is 0. The number of aromatic nitrogens is 4. The second-order valence-corrected chi connectivity index (χ2v) is 6.51. The van der Waals surface area contributed by atoms with E-state index in [2.05, 4.69) is 25.5 Å². The van der Waals surface area contributed by atoms with E-state index in [4.69, 9.17) is 4.42 Å². The number of hydrogen-bond acceptors (Lipinski definition) is 7. The van der Waals surface area contributed by atoms with Gasteiger partial charge in [-0.2, -0.15) is 0 Å². The van der Waals surface area contributed by atoms with Crippen LogP contribution >= 0.6 is 0 Å². The Morgan fingerprint density at radius 3 is 2.96 bits per heavy atom. The highest BCUT2D eigenvalue weighted by molar-refractivity contribution is 5.77. The summed E-state index contributed by atoms with van der Waals surface area (Å²) in [7, 11) is 1.81. The van der Waals surface area contributed by atoms with Crippen molar-refractivity contribution in [3.8, 4) is 0 Å². The summed E-state index contributed by atoms with van der Waals surface area (Å²) in [6, 6.07) is -0.0118. The Bertz CT molecular complexity index is 729. The molecule has 0 saturated carbocycles. The van der Waals surface area contributed by atoms with Crippen molar-refractivity contribution in [2.75, 3.05) is 18.9 Å². The summed E-state index contributed by atoms with van der Waals surface area (Å²) in [6.45, 7) is 4.74. The maximum Gasteiger partial charge on any atom is 0.223 e. The highest BCUT2D eigenvalue weighted by atomic mass is 16.4. The minimum absolute atomic E-state index is 0.0118. The molecule has 0 spiro atoms. The van der Waals surface area contributed by atoms with Gasteiger partial charge >= 0.3 is 0 Å². The predicted octanol–water partition coefficient (Wildman–Crippen LogP) is 2.32. The molecule has 2 aromatic rings. The molecule has 3 heterocycles. The maximum absolute atomic E-state index is 12.7. The smallest absolute Gasteiger partial charge is 0.223 e. The van der Waals surface area contributed by atoms with Gasteiger partial charge in [0.2, 0.25) is 17.7 Å². The van der Waals surface area contributed by atoms with Crippen LogP contribution in [0, 0.1) is 0 Å². The molecule has 0 bridgehead atoms. The summed E-state index contributed by atoms with van der Waals surface area (Å²) in [5.41, 5.74) is 0.831. The lowest BCUT2D eigenvalue weighted by Gasteiger charge is -2.24. The van der Waals surface area contributed by atoms with Gasteiger partial charge in [-0.15, -0.1) is 10.2 Å². The van der Waals surface area contributed by atoms with Crippen LogP contribution in [-0.2, 0) is 11.2 Å². The van der Waals surface area contributed by atoms with E-state index >= 15 is 0 Å². The van der Waals surface area contributed by atoms with Crippen LogP contribution in [-0.4, -0.2) is 44.6 Å². The number of hydrogen-bond donors (Lipinski definition) is 1. The van der Waals surface area contributed by atoms with E-state index in [-0.39, 0.29) is 17.9 Å². The Labute approximate surface area is 147 Å². The molecule has 0 aromatic carbocycles. The summed E-state index contributed by atoms with van der Waals surface area (Å²) in [5.74, 6) is 2.12. The van der Waals surface area contributed by atoms with Crippen molar-refractivity contribution in [2.24, 2.45) is 0 Å². The number of nitrogens with zero attached hydrogens (tertiary/aromatic N) is 5. The molecule has 1 N–H and O–H groups in total. The minimum atomic E-state index is -0.0118. The Balaban J connectivity index is 1.63. The van der Waals surface area contributed by atoms with Crippen LogP contribution in [0.4, 0.5) is 5.82 Å². The highest BCUT2D eigenvalue weighted by Crippen LogP contribution is 2.31. The van der Waals surface area contributed by atoms with Gasteiger partial charge in [0.25, 0.3) is 0 Å². The summed E-state index contributed by atoms with van der Waals surface area (Å²) in [6.07, 6.45) is 6.11. The van der Waals surface area contributed by atoms with Gasteiger partial charge < -0.3 is 14.6 Å². The van der Waals surface area contributed by atoms with Crippen molar-refractivity contribution >= 4 is 11.7 Å². The minimum Gasteiger partial charge on any atom is -0.425 e. The Kier molecular flexibility index (Phi) is 5.25. The van der Waals surface area contributed by atoms with Crippen molar-refractivity contribution in [1.29, 1.82) is 0 Å². The number of likely N-dealkylation sites (tertiary alicyclic amines) is 1. The van der Waals surface area contributed by atoms with Crippen LogP contribution in [0.2, 0.25) is 0 Å². The van der Waals surface area contributed by atoms with E-state index in [0.29, 0.717) is 30.4 Å². The quantitative estimate of drug-likeness (QED) is 0.859. The Morgan fingerprint density at radius 2 is 2.24 bits per heavy atom. The Morgan fingerprint density at radius 1 is 1.40 bits per heavy atom. The average Bonchev–Trinajstić information content (AvgIpc) is 3.29. The van der Waals surface area contributed by atoms with Gasteiger partial charge in [0.1, 0.15) is 5.82 Å². The topological polar surface area (TPSA) is 97.0 Å². The van der Waals surface area contributed by atoms with Crippen molar-refractivity contribution in [2.45, 2.75) is 51.5 Å². The third-order valence-corrected chi connectivity index (χ3v) is 4.35. The predicted molar refractivity (Wildman–Crippen MR) is 92.0 cm³/mol. The first-order valence-electron chi connectivity index (χ1n) is 8.70.